The van der Waals surface area contributed by atoms with E-state index in [0.29, 0.717) is 0 Å². The maximum atomic E-state index is 14.9. The van der Waals surface area contributed by atoms with Gasteiger partial charge in [-0.25, -0.2) is 0 Å². The normalized spacial score (nSPS) is 16.6. The average Bonchev–Trinajstić information content (AvgIpc) is 3.13. The molecule has 216 valence electrons. The third-order valence-corrected chi connectivity index (χ3v) is 11.7. The molecule has 44 heavy (non-hydrogen) atoms. The summed E-state index contributed by atoms with van der Waals surface area (Å²) in [4.78, 5) is 14.9. The number of pyridine rings is 1. The number of aromatic nitrogens is 1. The van der Waals surface area contributed by atoms with E-state index in [2.05, 4.69) is 145 Å². The van der Waals surface area contributed by atoms with Crippen LogP contribution >= 0.6 is 0 Å². The van der Waals surface area contributed by atoms with Gasteiger partial charge in [-0.15, -0.1) is 0 Å². The van der Waals surface area contributed by atoms with Crippen molar-refractivity contribution in [2.45, 2.75) is 52.4 Å². The average molecular weight is 572 g/mol. The molecule has 1 heterocycles. The molecule has 2 nitrogen and oxygen atoms in total. The monoisotopic (exact) mass is 571 g/mol. The zero-order valence-electron chi connectivity index (χ0n) is 26.3. The van der Waals surface area contributed by atoms with Crippen molar-refractivity contribution in [2.75, 3.05) is 0 Å². The molecule has 0 atom stereocenters. The first-order chi connectivity index (χ1) is 21.1. The molecule has 7 aromatic rings. The van der Waals surface area contributed by atoms with E-state index in [4.69, 9.17) is 0 Å². The van der Waals surface area contributed by atoms with E-state index in [-0.39, 0.29) is 21.8 Å². The SMILES string of the molecule is CC1(C)c2cc3c4ccccc4c(=O)n(-c4c5ccccc5c(-c5ccccc5)c5ccccc45)c3cc2C(C)(C)C1(C)C. The van der Waals surface area contributed by atoms with Crippen LogP contribution in [-0.4, -0.2) is 4.57 Å². The Labute approximate surface area is 258 Å². The molecule has 0 bridgehead atoms. The van der Waals surface area contributed by atoms with Gasteiger partial charge in [0.2, 0.25) is 0 Å². The molecular weight excluding hydrogens is 534 g/mol. The minimum atomic E-state index is -0.0894. The summed E-state index contributed by atoms with van der Waals surface area (Å²) in [6.45, 7) is 14.3. The molecule has 0 saturated heterocycles. The van der Waals surface area contributed by atoms with Gasteiger partial charge in [-0.05, 0) is 72.9 Å². The molecule has 1 aliphatic carbocycles. The first-order valence-electron chi connectivity index (χ1n) is 15.7. The Morgan fingerprint density at radius 1 is 0.477 bits per heavy atom. The van der Waals surface area contributed by atoms with Crippen LogP contribution in [0, 0.1) is 5.41 Å². The van der Waals surface area contributed by atoms with Crippen LogP contribution in [0.3, 0.4) is 0 Å². The summed E-state index contributed by atoms with van der Waals surface area (Å²) in [5.74, 6) is 0. The highest BCUT2D eigenvalue weighted by atomic mass is 16.1. The van der Waals surface area contributed by atoms with Gasteiger partial charge in [0, 0.05) is 21.5 Å². The lowest BCUT2D eigenvalue weighted by atomic mass is 9.59. The second-order valence-corrected chi connectivity index (χ2v) is 14.2. The molecular formula is C42H37NO. The highest BCUT2D eigenvalue weighted by Crippen LogP contribution is 2.62. The van der Waals surface area contributed by atoms with E-state index in [9.17, 15) is 4.79 Å². The van der Waals surface area contributed by atoms with Crippen LogP contribution in [0.1, 0.15) is 52.7 Å². The van der Waals surface area contributed by atoms with Crippen LogP contribution < -0.4 is 5.56 Å². The van der Waals surface area contributed by atoms with Gasteiger partial charge in [0.1, 0.15) is 0 Å². The molecule has 2 heteroatoms. The van der Waals surface area contributed by atoms with Gasteiger partial charge in [0.25, 0.3) is 5.56 Å². The summed E-state index contributed by atoms with van der Waals surface area (Å²) in [6, 6.07) is 40.7. The second kappa shape index (κ2) is 8.92. The number of hydrogen-bond donors (Lipinski definition) is 0. The molecule has 0 saturated carbocycles. The molecule has 1 aliphatic rings. The van der Waals surface area contributed by atoms with Crippen LogP contribution in [0.2, 0.25) is 0 Å². The summed E-state index contributed by atoms with van der Waals surface area (Å²) in [5.41, 5.74) is 6.90. The van der Waals surface area contributed by atoms with Gasteiger partial charge in [-0.2, -0.15) is 0 Å². The smallest absolute Gasteiger partial charge is 0.263 e. The fraction of sp³-hybridized carbons (Fsp3) is 0.214. The Bertz CT molecular complexity index is 2310. The van der Waals surface area contributed by atoms with Crippen molar-refractivity contribution < 1.29 is 0 Å². The van der Waals surface area contributed by atoms with E-state index in [1.165, 1.54) is 22.3 Å². The van der Waals surface area contributed by atoms with Crippen molar-refractivity contribution in [3.05, 3.63) is 137 Å². The number of benzene rings is 6. The lowest BCUT2D eigenvalue weighted by Gasteiger charge is -2.44. The largest absolute Gasteiger partial charge is 0.275 e. The summed E-state index contributed by atoms with van der Waals surface area (Å²) in [7, 11) is 0. The minimum absolute atomic E-state index is 0.0113. The molecule has 1 aromatic heterocycles. The van der Waals surface area contributed by atoms with Crippen molar-refractivity contribution in [2.24, 2.45) is 5.41 Å². The third-order valence-electron chi connectivity index (χ3n) is 11.7. The van der Waals surface area contributed by atoms with Crippen molar-refractivity contribution >= 4 is 43.2 Å². The van der Waals surface area contributed by atoms with Crippen LogP contribution in [0.15, 0.2) is 120 Å². The first-order valence-corrected chi connectivity index (χ1v) is 15.7. The molecule has 0 amide bonds. The molecule has 0 aliphatic heterocycles. The third kappa shape index (κ3) is 3.29. The number of rotatable bonds is 2. The second-order valence-electron chi connectivity index (χ2n) is 14.2. The highest BCUT2D eigenvalue weighted by Gasteiger charge is 2.56. The molecule has 0 N–H and O–H groups in total. The first kappa shape index (κ1) is 26.9. The Morgan fingerprint density at radius 2 is 0.932 bits per heavy atom. The fourth-order valence-electron chi connectivity index (χ4n) is 8.10. The Hall–Kier alpha value is -4.69. The Balaban J connectivity index is 1.62. The van der Waals surface area contributed by atoms with Crippen LogP contribution in [0.4, 0.5) is 0 Å². The summed E-state index contributed by atoms with van der Waals surface area (Å²) < 4.78 is 2.03. The topological polar surface area (TPSA) is 22.0 Å². The Morgan fingerprint density at radius 3 is 1.50 bits per heavy atom. The molecule has 0 unspecified atom stereocenters. The van der Waals surface area contributed by atoms with Gasteiger partial charge in [-0.3, -0.25) is 9.36 Å². The minimum Gasteiger partial charge on any atom is -0.275 e. The molecule has 6 aromatic carbocycles. The van der Waals surface area contributed by atoms with E-state index >= 15 is 0 Å². The van der Waals surface area contributed by atoms with Crippen LogP contribution in [0.25, 0.3) is 60.0 Å². The predicted molar refractivity (Wildman–Crippen MR) is 187 cm³/mol. The van der Waals surface area contributed by atoms with Crippen molar-refractivity contribution in [1.29, 1.82) is 0 Å². The quantitative estimate of drug-likeness (QED) is 0.149. The van der Waals surface area contributed by atoms with E-state index in [1.54, 1.807) is 0 Å². The zero-order valence-corrected chi connectivity index (χ0v) is 26.3. The van der Waals surface area contributed by atoms with E-state index < -0.39 is 0 Å². The van der Waals surface area contributed by atoms with Gasteiger partial charge < -0.3 is 0 Å². The summed E-state index contributed by atoms with van der Waals surface area (Å²) in [6.07, 6.45) is 0. The Kier molecular flexibility index (Phi) is 5.46. The summed E-state index contributed by atoms with van der Waals surface area (Å²) >= 11 is 0. The number of fused-ring (bicyclic) bond motifs is 6. The van der Waals surface area contributed by atoms with Gasteiger partial charge in [0.05, 0.1) is 11.2 Å². The van der Waals surface area contributed by atoms with Crippen molar-refractivity contribution in [3.8, 4) is 16.8 Å². The van der Waals surface area contributed by atoms with Crippen molar-refractivity contribution in [3.63, 3.8) is 0 Å². The van der Waals surface area contributed by atoms with Crippen molar-refractivity contribution in [1.82, 2.24) is 4.57 Å². The number of nitrogens with zero attached hydrogens (tertiary/aromatic N) is 1. The van der Waals surface area contributed by atoms with Crippen LogP contribution in [0.5, 0.6) is 0 Å². The van der Waals surface area contributed by atoms with Crippen LogP contribution in [-0.2, 0) is 10.8 Å². The summed E-state index contributed by atoms with van der Waals surface area (Å²) in [5, 5.41) is 7.32. The molecule has 0 fully saturated rings. The number of hydrogen-bond acceptors (Lipinski definition) is 1. The lowest BCUT2D eigenvalue weighted by Crippen LogP contribution is -2.42. The van der Waals surface area contributed by atoms with E-state index in [0.717, 1.165) is 48.9 Å². The van der Waals surface area contributed by atoms with Gasteiger partial charge in [-0.1, -0.05) is 139 Å². The van der Waals surface area contributed by atoms with Gasteiger partial charge in [0.15, 0.2) is 0 Å². The fourth-order valence-corrected chi connectivity index (χ4v) is 8.10. The van der Waals surface area contributed by atoms with Gasteiger partial charge >= 0.3 is 0 Å². The predicted octanol–water partition coefficient (Wildman–Crippen LogP) is 10.7. The standard InChI is InChI=1S/C42H37NO/c1-40(2)34-24-33-27-18-10-15-23-32(27)39(44)43(36(33)25-35(34)41(3,4)42(40,5)6)38-30-21-13-11-19-28(30)37(26-16-8-7-9-17-26)29-20-12-14-22-31(29)38/h7-25H,1-6H3. The lowest BCUT2D eigenvalue weighted by molar-refractivity contribution is 0.125. The molecule has 0 spiro atoms. The maximum Gasteiger partial charge on any atom is 0.263 e. The highest BCUT2D eigenvalue weighted by molar-refractivity contribution is 6.19. The maximum absolute atomic E-state index is 14.9. The zero-order chi connectivity index (χ0) is 30.6. The molecule has 0 radical (unpaired) electrons. The molecule has 8 rings (SSSR count). The van der Waals surface area contributed by atoms with E-state index in [1.807, 2.05) is 16.7 Å².